The first-order valence-corrected chi connectivity index (χ1v) is 4.56. The Balaban J connectivity index is -0.0000000618. The Labute approximate surface area is 131 Å². The van der Waals surface area contributed by atoms with Crippen LogP contribution in [0.3, 0.4) is 0 Å². The van der Waals surface area contributed by atoms with E-state index >= 15 is 0 Å². The van der Waals surface area contributed by atoms with Gasteiger partial charge in [-0.1, -0.05) is 17.7 Å². The van der Waals surface area contributed by atoms with Crippen LogP contribution in [0, 0.1) is 26.1 Å². The molecule has 0 aliphatic heterocycles. The summed E-state index contributed by atoms with van der Waals surface area (Å²) in [5.41, 5.74) is 1.32. The fourth-order valence-corrected chi connectivity index (χ4v) is 0.773. The van der Waals surface area contributed by atoms with Gasteiger partial charge in [0, 0.05) is 30.6 Å². The predicted molar refractivity (Wildman–Crippen MR) is 59.7 cm³/mol. The summed E-state index contributed by atoms with van der Waals surface area (Å²) in [5.74, 6) is 0. The summed E-state index contributed by atoms with van der Waals surface area (Å²) in [6, 6.07) is 0. The van der Waals surface area contributed by atoms with Crippen molar-refractivity contribution in [2.75, 3.05) is 7.11 Å². The van der Waals surface area contributed by atoms with Crippen LogP contribution < -0.4 is 0 Å². The quantitative estimate of drug-likeness (QED) is 0.310. The number of halogens is 4. The first-order valence-electron chi connectivity index (χ1n) is 4.56. The van der Waals surface area contributed by atoms with Crippen LogP contribution in [-0.2, 0) is 35.8 Å². The smallest absolute Gasteiger partial charge is 0 e. The van der Waals surface area contributed by atoms with Gasteiger partial charge in [0.2, 0.25) is 0 Å². The van der Waals surface area contributed by atoms with Gasteiger partial charge >= 0.3 is 41.2 Å². The molecule has 0 aromatic heterocycles. The molecule has 1 aliphatic rings. The van der Waals surface area contributed by atoms with Gasteiger partial charge < -0.3 is 22.0 Å². The number of hydrogen-bond donors (Lipinski definition) is 0. The van der Waals surface area contributed by atoms with Gasteiger partial charge in [-0.3, -0.25) is 0 Å². The van der Waals surface area contributed by atoms with Gasteiger partial charge in [-0.05, 0) is 13.0 Å². The van der Waals surface area contributed by atoms with E-state index in [0.29, 0.717) is 0 Å². The third-order valence-electron chi connectivity index (χ3n) is 1.42. The molecule has 0 aromatic carbocycles. The Morgan fingerprint density at radius 3 is 1.52 bits per heavy atom. The van der Waals surface area contributed by atoms with Gasteiger partial charge in [0.1, 0.15) is 6.10 Å². The van der Waals surface area contributed by atoms with Crippen molar-refractivity contribution in [3.63, 3.8) is 0 Å². The maximum atomic E-state index is 9.75. The largest absolute Gasteiger partial charge is 0 e. The van der Waals surface area contributed by atoms with Crippen molar-refractivity contribution in [3.8, 4) is 0 Å². The number of allylic oxidation sites excluding steroid dienone is 2. The van der Waals surface area contributed by atoms with Crippen LogP contribution in [0.25, 0.3) is 0 Å². The van der Waals surface area contributed by atoms with Gasteiger partial charge in [0.05, 0.1) is 0 Å². The zero-order valence-electron chi connectivity index (χ0n) is 11.0. The molecule has 0 atom stereocenters. The first-order chi connectivity index (χ1) is 9.33. The Kier molecular flexibility index (Phi) is 36.7. The van der Waals surface area contributed by atoms with E-state index in [1.54, 1.807) is 7.11 Å². The van der Waals surface area contributed by atoms with Crippen LogP contribution in [-0.4, -0.2) is 14.4 Å². The fraction of sp³-hybridized carbons (Fsp3) is 0.273. The summed E-state index contributed by atoms with van der Waals surface area (Å²) in [6.45, 7) is 15.6. The van der Waals surface area contributed by atoms with Crippen LogP contribution in [0.5, 0.6) is 0 Å². The monoisotopic (exact) mass is 350 g/mol. The predicted octanol–water partition coefficient (Wildman–Crippen LogP) is 3.26. The minimum atomic E-state index is -6.00. The molecule has 1 radical (unpaired) electrons. The second kappa shape index (κ2) is 24.0. The van der Waals surface area contributed by atoms with Crippen LogP contribution in [0.15, 0.2) is 23.8 Å². The SMILES string of the molecule is CO[C]1C=CC(C)=CC1.F[B-](F)(F)F.[C-]#[O+].[C-]#[O+].[C-]#[O+].[Fe]. The van der Waals surface area contributed by atoms with Crippen LogP contribution >= 0.6 is 0 Å². The third-order valence-corrected chi connectivity index (χ3v) is 1.42. The molecular formula is C11H11BF4FeO4-. The van der Waals surface area contributed by atoms with Crippen molar-refractivity contribution >= 4 is 7.25 Å². The summed E-state index contributed by atoms with van der Waals surface area (Å²) in [6.07, 6.45) is 8.20. The average Bonchev–Trinajstić information content (AvgIpc) is 2.44. The summed E-state index contributed by atoms with van der Waals surface area (Å²) in [4.78, 5) is 0. The fourth-order valence-electron chi connectivity index (χ4n) is 0.773. The van der Waals surface area contributed by atoms with E-state index in [0.717, 1.165) is 12.5 Å². The van der Waals surface area contributed by atoms with E-state index in [-0.39, 0.29) is 17.1 Å². The molecule has 0 aromatic rings. The molecule has 0 saturated heterocycles. The summed E-state index contributed by atoms with van der Waals surface area (Å²) in [5, 5.41) is 0. The minimum absolute atomic E-state index is 0. The zero-order chi connectivity index (χ0) is 17.2. The average molecular weight is 350 g/mol. The Hall–Kier alpha value is -1.04. The van der Waals surface area contributed by atoms with E-state index in [1.165, 1.54) is 5.57 Å². The molecule has 0 fully saturated rings. The summed E-state index contributed by atoms with van der Waals surface area (Å²) in [7, 11) is -4.30. The third kappa shape index (κ3) is 45.4. The molecule has 0 unspecified atom stereocenters. The van der Waals surface area contributed by atoms with Gasteiger partial charge in [-0.15, -0.1) is 0 Å². The van der Waals surface area contributed by atoms with E-state index in [4.69, 9.17) is 18.7 Å². The van der Waals surface area contributed by atoms with E-state index in [1.807, 2.05) is 6.08 Å². The van der Waals surface area contributed by atoms with Crippen LogP contribution in [0.2, 0.25) is 0 Å². The molecule has 1 rings (SSSR count). The van der Waals surface area contributed by atoms with E-state index in [2.05, 4.69) is 39.0 Å². The Morgan fingerprint density at radius 2 is 1.33 bits per heavy atom. The molecule has 21 heavy (non-hydrogen) atoms. The van der Waals surface area contributed by atoms with Crippen molar-refractivity contribution in [1.82, 2.24) is 0 Å². The van der Waals surface area contributed by atoms with Gasteiger partial charge in [0.15, 0.2) is 0 Å². The van der Waals surface area contributed by atoms with Crippen molar-refractivity contribution in [2.24, 2.45) is 0 Å². The molecule has 0 N–H and O–H groups in total. The maximum absolute atomic E-state index is 9.75. The molecule has 0 bridgehead atoms. The molecule has 119 valence electrons. The summed E-state index contributed by atoms with van der Waals surface area (Å²) < 4.78 is 66.5. The Bertz CT molecular complexity index is 317. The molecule has 4 nitrogen and oxygen atoms in total. The molecule has 0 spiro atoms. The molecule has 1 aliphatic carbocycles. The zero-order valence-corrected chi connectivity index (χ0v) is 12.1. The minimum Gasteiger partial charge on any atom is 0 e. The first kappa shape index (κ1) is 32.1. The molecule has 10 heteroatoms. The second-order valence-corrected chi connectivity index (χ2v) is 2.65. The standard InChI is InChI=1S/C8H11O.3CO.BF4.Fe/c1-7-3-5-8(9-2)6-4-7;3*1-2;2-1(3,4)5;/h3-5H,6H2,1-2H3;;;;;/q;;;;-1;. The normalized spacial score (nSPS) is 11.7. The molecule has 0 saturated carbocycles. The molecule has 0 amide bonds. The second-order valence-electron chi connectivity index (χ2n) is 2.65. The van der Waals surface area contributed by atoms with Gasteiger partial charge in [0.25, 0.3) is 0 Å². The van der Waals surface area contributed by atoms with E-state index < -0.39 is 7.25 Å². The van der Waals surface area contributed by atoms with Crippen molar-refractivity contribution in [2.45, 2.75) is 13.3 Å². The number of rotatable bonds is 1. The van der Waals surface area contributed by atoms with Gasteiger partial charge in [-0.25, -0.2) is 0 Å². The number of hydrogen-bond acceptors (Lipinski definition) is 1. The molecule has 0 heterocycles. The Morgan fingerprint density at radius 1 is 1.00 bits per heavy atom. The van der Waals surface area contributed by atoms with Crippen molar-refractivity contribution in [3.05, 3.63) is 49.9 Å². The topological polar surface area (TPSA) is 68.9 Å². The van der Waals surface area contributed by atoms with Crippen LogP contribution in [0.4, 0.5) is 17.3 Å². The van der Waals surface area contributed by atoms with Crippen molar-refractivity contribution in [1.29, 1.82) is 0 Å². The molecular weight excluding hydrogens is 339 g/mol. The number of methoxy groups -OCH3 is 1. The number of ether oxygens (including phenoxy) is 1. The summed E-state index contributed by atoms with van der Waals surface area (Å²) >= 11 is 0. The van der Waals surface area contributed by atoms with Gasteiger partial charge in [-0.2, -0.15) is 0 Å². The van der Waals surface area contributed by atoms with E-state index in [9.17, 15) is 17.3 Å². The maximum Gasteiger partial charge on any atom is 0 e. The van der Waals surface area contributed by atoms with Crippen molar-refractivity contribution < 1.29 is 53.0 Å². The van der Waals surface area contributed by atoms with Crippen LogP contribution in [0.1, 0.15) is 13.3 Å².